The van der Waals surface area contributed by atoms with Gasteiger partial charge in [0.15, 0.2) is 0 Å². The van der Waals surface area contributed by atoms with Crippen molar-refractivity contribution in [3.63, 3.8) is 0 Å². The van der Waals surface area contributed by atoms with Gasteiger partial charge < -0.3 is 15.3 Å². The van der Waals surface area contributed by atoms with Crippen molar-refractivity contribution in [1.82, 2.24) is 15.2 Å². The van der Waals surface area contributed by atoms with Crippen LogP contribution in [0.3, 0.4) is 0 Å². The fraction of sp³-hybridized carbons (Fsp3) is 0.233. The van der Waals surface area contributed by atoms with E-state index in [0.29, 0.717) is 5.56 Å². The summed E-state index contributed by atoms with van der Waals surface area (Å²) in [6, 6.07) is 24.7. The van der Waals surface area contributed by atoms with Crippen LogP contribution in [0, 0.1) is 0 Å². The number of benzene rings is 3. The molecule has 0 radical (unpaired) electrons. The molecule has 1 atom stereocenters. The zero-order valence-corrected chi connectivity index (χ0v) is 20.0. The molecule has 0 spiro atoms. The number of carbonyl (C=O) groups is 2. The molecule has 3 aromatic carbocycles. The first-order valence-electron chi connectivity index (χ1n) is 12.4. The first-order chi connectivity index (χ1) is 17.6. The molecule has 0 saturated heterocycles. The lowest BCUT2D eigenvalue weighted by molar-refractivity contribution is -0.126. The first-order valence-corrected chi connectivity index (χ1v) is 12.4. The van der Waals surface area contributed by atoms with Gasteiger partial charge in [0.2, 0.25) is 5.91 Å². The minimum atomic E-state index is -0.836. The molecule has 1 aromatic heterocycles. The summed E-state index contributed by atoms with van der Waals surface area (Å²) in [6.07, 6.45) is 5.83. The number of amides is 2. The molecule has 2 N–H and O–H groups in total. The molecule has 0 bridgehead atoms. The van der Waals surface area contributed by atoms with E-state index in [4.69, 9.17) is 0 Å². The van der Waals surface area contributed by atoms with E-state index in [1.54, 1.807) is 23.2 Å². The Balaban J connectivity index is 1.59. The Morgan fingerprint density at radius 2 is 1.69 bits per heavy atom. The third-order valence-corrected chi connectivity index (χ3v) is 6.78. The number of fused-ring (bicyclic) bond motifs is 1. The number of hydrogen-bond acceptors (Lipinski definition) is 4. The molecule has 5 rings (SSSR count). The maximum Gasteiger partial charge on any atom is 0.255 e. The Labute approximate surface area is 210 Å². The number of aromatic nitrogens is 1. The van der Waals surface area contributed by atoms with Crippen LogP contribution in [0.4, 0.5) is 0 Å². The van der Waals surface area contributed by atoms with Crippen LogP contribution >= 0.6 is 0 Å². The number of nitrogens with zero attached hydrogens (tertiary/aromatic N) is 2. The van der Waals surface area contributed by atoms with Gasteiger partial charge in [-0.25, -0.2) is 0 Å². The summed E-state index contributed by atoms with van der Waals surface area (Å²) in [7, 11) is 0. The number of phenolic OH excluding ortho intramolecular Hbond substituents is 1. The summed E-state index contributed by atoms with van der Waals surface area (Å²) in [5.74, 6) is -0.386. The molecule has 2 amide bonds. The number of carbonyl (C=O) groups excluding carboxylic acids is 2. The second kappa shape index (κ2) is 10.6. The zero-order valence-electron chi connectivity index (χ0n) is 20.0. The van der Waals surface area contributed by atoms with E-state index in [1.807, 2.05) is 60.7 Å². The Hall–Kier alpha value is -4.19. The van der Waals surface area contributed by atoms with Crippen molar-refractivity contribution in [2.75, 3.05) is 0 Å². The zero-order chi connectivity index (χ0) is 24.9. The number of rotatable bonds is 7. The average molecular weight is 480 g/mol. The van der Waals surface area contributed by atoms with Gasteiger partial charge in [0.25, 0.3) is 5.91 Å². The number of nitrogens with one attached hydrogen (secondary N) is 1. The van der Waals surface area contributed by atoms with Gasteiger partial charge in [-0.2, -0.15) is 0 Å². The lowest BCUT2D eigenvalue weighted by Gasteiger charge is -2.32. The van der Waals surface area contributed by atoms with Crippen LogP contribution in [-0.4, -0.2) is 32.8 Å². The van der Waals surface area contributed by atoms with Crippen LogP contribution in [0.1, 0.15) is 53.2 Å². The normalized spacial score (nSPS) is 14.4. The van der Waals surface area contributed by atoms with Gasteiger partial charge in [0.05, 0.1) is 5.52 Å². The van der Waals surface area contributed by atoms with Crippen LogP contribution in [0.2, 0.25) is 0 Å². The van der Waals surface area contributed by atoms with Crippen molar-refractivity contribution in [3.05, 3.63) is 108 Å². The van der Waals surface area contributed by atoms with E-state index in [1.165, 1.54) is 12.1 Å². The Morgan fingerprint density at radius 1 is 0.944 bits per heavy atom. The van der Waals surface area contributed by atoms with E-state index in [9.17, 15) is 14.7 Å². The van der Waals surface area contributed by atoms with E-state index in [0.717, 1.165) is 47.7 Å². The summed E-state index contributed by atoms with van der Waals surface area (Å²) in [5, 5.41) is 13.9. The number of aromatic hydroxyl groups is 1. The molecule has 1 saturated carbocycles. The van der Waals surface area contributed by atoms with E-state index >= 15 is 0 Å². The summed E-state index contributed by atoms with van der Waals surface area (Å²) < 4.78 is 0. The molecular formula is C30H29N3O3. The molecule has 1 aliphatic carbocycles. The molecule has 1 heterocycles. The van der Waals surface area contributed by atoms with Crippen molar-refractivity contribution in [1.29, 1.82) is 0 Å². The minimum absolute atomic E-state index is 0.0821. The Kier molecular flexibility index (Phi) is 6.94. The predicted molar refractivity (Wildman–Crippen MR) is 139 cm³/mol. The SMILES string of the molecule is O=C(NC1CCCC1)[C@H](c1ccc2ncccc2c1)N(Cc1ccccc1)C(=O)c1ccc(O)cc1. The van der Waals surface area contributed by atoms with Gasteiger partial charge in [-0.05, 0) is 66.4 Å². The standard InChI is InChI=1S/C30H29N3O3/c34-26-15-12-22(13-16-26)30(36)33(20-21-7-2-1-3-8-21)28(29(35)32-25-10-4-5-11-25)24-14-17-27-23(19-24)9-6-18-31-27/h1-3,6-9,12-19,25,28,34H,4-5,10-11,20H2,(H,32,35)/t28-/m0/s1. The second-order valence-electron chi connectivity index (χ2n) is 9.31. The first kappa shape index (κ1) is 23.5. The summed E-state index contributed by atoms with van der Waals surface area (Å²) in [5.41, 5.74) is 2.89. The molecule has 1 aliphatic rings. The van der Waals surface area contributed by atoms with Crippen molar-refractivity contribution in [3.8, 4) is 5.75 Å². The molecule has 182 valence electrons. The third-order valence-electron chi connectivity index (χ3n) is 6.78. The van der Waals surface area contributed by atoms with Gasteiger partial charge in [-0.1, -0.05) is 55.3 Å². The maximum atomic E-state index is 13.9. The fourth-order valence-corrected chi connectivity index (χ4v) is 4.92. The smallest absolute Gasteiger partial charge is 0.255 e. The highest BCUT2D eigenvalue weighted by molar-refractivity contribution is 5.98. The van der Waals surface area contributed by atoms with E-state index in [-0.39, 0.29) is 30.2 Å². The molecule has 4 aromatic rings. The van der Waals surface area contributed by atoms with Gasteiger partial charge in [0.1, 0.15) is 11.8 Å². The Bertz CT molecular complexity index is 1350. The molecular weight excluding hydrogens is 450 g/mol. The number of pyridine rings is 1. The molecule has 0 aliphatic heterocycles. The molecule has 0 unspecified atom stereocenters. The van der Waals surface area contributed by atoms with Crippen molar-refractivity contribution in [2.45, 2.75) is 44.3 Å². The van der Waals surface area contributed by atoms with Crippen LogP contribution in [0.15, 0.2) is 91.1 Å². The van der Waals surface area contributed by atoms with Crippen molar-refractivity contribution >= 4 is 22.7 Å². The quantitative estimate of drug-likeness (QED) is 0.373. The van der Waals surface area contributed by atoms with Crippen molar-refractivity contribution in [2.24, 2.45) is 0 Å². The molecule has 6 heteroatoms. The highest BCUT2D eigenvalue weighted by atomic mass is 16.3. The van der Waals surface area contributed by atoms with Gasteiger partial charge >= 0.3 is 0 Å². The van der Waals surface area contributed by atoms with Gasteiger partial charge in [-0.15, -0.1) is 0 Å². The highest BCUT2D eigenvalue weighted by Gasteiger charge is 2.34. The summed E-state index contributed by atoms with van der Waals surface area (Å²) in [4.78, 5) is 33.9. The molecule has 36 heavy (non-hydrogen) atoms. The minimum Gasteiger partial charge on any atom is -0.508 e. The topological polar surface area (TPSA) is 82.5 Å². The lowest BCUT2D eigenvalue weighted by Crippen LogP contribution is -2.45. The average Bonchev–Trinajstić information content (AvgIpc) is 3.42. The summed E-state index contributed by atoms with van der Waals surface area (Å²) >= 11 is 0. The van der Waals surface area contributed by atoms with Crippen LogP contribution in [0.5, 0.6) is 5.75 Å². The van der Waals surface area contributed by atoms with Crippen LogP contribution in [-0.2, 0) is 11.3 Å². The number of hydrogen-bond donors (Lipinski definition) is 2. The van der Waals surface area contributed by atoms with Crippen LogP contribution in [0.25, 0.3) is 10.9 Å². The van der Waals surface area contributed by atoms with Crippen molar-refractivity contribution < 1.29 is 14.7 Å². The van der Waals surface area contributed by atoms with E-state index < -0.39 is 6.04 Å². The largest absolute Gasteiger partial charge is 0.508 e. The Morgan fingerprint density at radius 3 is 2.44 bits per heavy atom. The summed E-state index contributed by atoms with van der Waals surface area (Å²) in [6.45, 7) is 0.258. The fourth-order valence-electron chi connectivity index (χ4n) is 4.92. The lowest BCUT2D eigenvalue weighted by atomic mass is 9.99. The molecule has 6 nitrogen and oxygen atoms in total. The van der Waals surface area contributed by atoms with Gasteiger partial charge in [-0.3, -0.25) is 14.6 Å². The third kappa shape index (κ3) is 5.23. The van der Waals surface area contributed by atoms with Crippen LogP contribution < -0.4 is 5.32 Å². The predicted octanol–water partition coefficient (Wildman–Crippen LogP) is 5.38. The second-order valence-corrected chi connectivity index (χ2v) is 9.31. The highest BCUT2D eigenvalue weighted by Crippen LogP contribution is 2.29. The van der Waals surface area contributed by atoms with Gasteiger partial charge in [0, 0.05) is 29.7 Å². The number of phenols is 1. The van der Waals surface area contributed by atoms with E-state index in [2.05, 4.69) is 10.3 Å². The molecule has 1 fully saturated rings. The maximum absolute atomic E-state index is 13.9. The monoisotopic (exact) mass is 479 g/mol.